The van der Waals surface area contributed by atoms with Crippen molar-refractivity contribution in [3.05, 3.63) is 21.7 Å². The molecule has 1 heterocycles. The van der Waals surface area contributed by atoms with E-state index in [1.165, 1.54) is 6.92 Å². The first-order valence-electron chi connectivity index (χ1n) is 6.03. The third kappa shape index (κ3) is 4.09. The Labute approximate surface area is 120 Å². The van der Waals surface area contributed by atoms with Gasteiger partial charge in [0.05, 0.1) is 5.25 Å². The highest BCUT2D eigenvalue weighted by Crippen LogP contribution is 2.25. The van der Waals surface area contributed by atoms with E-state index in [9.17, 15) is 14.4 Å². The lowest BCUT2D eigenvalue weighted by molar-refractivity contribution is -0.120. The van der Waals surface area contributed by atoms with E-state index < -0.39 is 16.9 Å². The number of amides is 1. The topological polar surface area (TPSA) is 112 Å². The maximum atomic E-state index is 11.8. The fourth-order valence-electron chi connectivity index (χ4n) is 1.52. The Hall–Kier alpha value is -1.83. The molecule has 0 bridgehead atoms. The minimum Gasteiger partial charge on any atom is -0.478 e. The van der Waals surface area contributed by atoms with Crippen LogP contribution in [0.5, 0.6) is 0 Å². The standard InChI is InChI=1S/C12H17N3O4S/c1-5(2)13-9(16)7(4)20-10-8(11(17)18)6(3)14-12(19)15-10/h5,7H,1-4H3,(H,13,16)(H,17,18)(H,14,15,19). The summed E-state index contributed by atoms with van der Waals surface area (Å²) in [6, 6.07) is -0.0154. The first-order valence-corrected chi connectivity index (χ1v) is 6.91. The highest BCUT2D eigenvalue weighted by atomic mass is 32.2. The molecule has 1 aromatic heterocycles. The molecule has 0 fully saturated rings. The maximum absolute atomic E-state index is 11.8. The van der Waals surface area contributed by atoms with Gasteiger partial charge in [-0.2, -0.15) is 4.98 Å². The van der Waals surface area contributed by atoms with Crippen molar-refractivity contribution in [2.75, 3.05) is 0 Å². The Balaban J connectivity index is 3.05. The van der Waals surface area contributed by atoms with Gasteiger partial charge in [0.25, 0.3) is 0 Å². The quantitative estimate of drug-likeness (QED) is 0.547. The molecule has 1 atom stereocenters. The Kier molecular flexibility index (Phi) is 5.32. The van der Waals surface area contributed by atoms with Crippen LogP contribution in [0.15, 0.2) is 9.82 Å². The molecule has 1 rings (SSSR count). The number of carbonyl (C=O) groups excluding carboxylic acids is 1. The van der Waals surface area contributed by atoms with E-state index in [0.717, 1.165) is 11.8 Å². The number of aryl methyl sites for hydroxylation is 1. The maximum Gasteiger partial charge on any atom is 0.346 e. The fraction of sp³-hybridized carbons (Fsp3) is 0.500. The lowest BCUT2D eigenvalue weighted by Crippen LogP contribution is -2.36. The van der Waals surface area contributed by atoms with Gasteiger partial charge >= 0.3 is 11.7 Å². The third-order valence-corrected chi connectivity index (χ3v) is 3.48. The summed E-state index contributed by atoms with van der Waals surface area (Å²) in [4.78, 5) is 40.3. The molecular formula is C12H17N3O4S. The molecule has 0 aliphatic carbocycles. The summed E-state index contributed by atoms with van der Waals surface area (Å²) in [6.07, 6.45) is 0. The number of hydrogen-bond acceptors (Lipinski definition) is 5. The summed E-state index contributed by atoms with van der Waals surface area (Å²) in [6.45, 7) is 6.77. The molecule has 110 valence electrons. The molecule has 1 aromatic rings. The fourth-order valence-corrected chi connectivity index (χ4v) is 2.52. The zero-order valence-electron chi connectivity index (χ0n) is 11.7. The molecule has 8 heteroatoms. The molecule has 3 N–H and O–H groups in total. The first kappa shape index (κ1) is 16.2. The Morgan fingerprint density at radius 2 is 1.95 bits per heavy atom. The van der Waals surface area contributed by atoms with Gasteiger partial charge in [-0.25, -0.2) is 9.59 Å². The number of carbonyl (C=O) groups is 2. The van der Waals surface area contributed by atoms with Crippen molar-refractivity contribution < 1.29 is 14.7 Å². The second-order valence-corrected chi connectivity index (χ2v) is 5.91. The number of nitrogens with zero attached hydrogens (tertiary/aromatic N) is 1. The summed E-state index contributed by atoms with van der Waals surface area (Å²) in [5.41, 5.74) is -0.498. The Bertz CT molecular complexity index is 583. The van der Waals surface area contributed by atoms with E-state index in [2.05, 4.69) is 15.3 Å². The molecule has 0 radical (unpaired) electrons. The van der Waals surface area contributed by atoms with Crippen LogP contribution in [0.2, 0.25) is 0 Å². The van der Waals surface area contributed by atoms with E-state index in [4.69, 9.17) is 5.11 Å². The van der Waals surface area contributed by atoms with Gasteiger partial charge in [0, 0.05) is 11.7 Å². The molecule has 1 unspecified atom stereocenters. The van der Waals surface area contributed by atoms with Crippen LogP contribution in [0, 0.1) is 6.92 Å². The van der Waals surface area contributed by atoms with Crippen molar-refractivity contribution >= 4 is 23.6 Å². The smallest absolute Gasteiger partial charge is 0.346 e. The van der Waals surface area contributed by atoms with Gasteiger partial charge in [0.1, 0.15) is 10.6 Å². The largest absolute Gasteiger partial charge is 0.478 e. The number of H-pyrrole nitrogens is 1. The van der Waals surface area contributed by atoms with Crippen LogP contribution >= 0.6 is 11.8 Å². The number of aromatic nitrogens is 2. The van der Waals surface area contributed by atoms with Crippen molar-refractivity contribution in [1.82, 2.24) is 15.3 Å². The van der Waals surface area contributed by atoms with Gasteiger partial charge in [0.15, 0.2) is 0 Å². The van der Waals surface area contributed by atoms with Crippen LogP contribution in [0.4, 0.5) is 0 Å². The number of thioether (sulfide) groups is 1. The van der Waals surface area contributed by atoms with Gasteiger partial charge in [-0.15, -0.1) is 0 Å². The van der Waals surface area contributed by atoms with Gasteiger partial charge in [-0.1, -0.05) is 11.8 Å². The van der Waals surface area contributed by atoms with Gasteiger partial charge < -0.3 is 15.4 Å². The molecule has 7 nitrogen and oxygen atoms in total. The van der Waals surface area contributed by atoms with Crippen LogP contribution in [-0.4, -0.2) is 38.2 Å². The molecule has 0 saturated carbocycles. The number of hydrogen-bond donors (Lipinski definition) is 3. The van der Waals surface area contributed by atoms with Crippen LogP contribution < -0.4 is 11.0 Å². The molecule has 20 heavy (non-hydrogen) atoms. The summed E-state index contributed by atoms with van der Waals surface area (Å²) in [5, 5.41) is 11.4. The van der Waals surface area contributed by atoms with Crippen LogP contribution in [0.3, 0.4) is 0 Å². The summed E-state index contributed by atoms with van der Waals surface area (Å²) in [7, 11) is 0. The average molecular weight is 299 g/mol. The van der Waals surface area contributed by atoms with E-state index in [-0.39, 0.29) is 28.2 Å². The van der Waals surface area contributed by atoms with Crippen LogP contribution in [0.25, 0.3) is 0 Å². The Morgan fingerprint density at radius 1 is 1.35 bits per heavy atom. The molecular weight excluding hydrogens is 282 g/mol. The van der Waals surface area contributed by atoms with E-state index in [1.54, 1.807) is 6.92 Å². The predicted molar refractivity (Wildman–Crippen MR) is 75.2 cm³/mol. The zero-order chi connectivity index (χ0) is 15.4. The summed E-state index contributed by atoms with van der Waals surface area (Å²) in [5.74, 6) is -1.42. The molecule has 0 saturated heterocycles. The minimum atomic E-state index is -1.19. The minimum absolute atomic E-state index is 0.0154. The second-order valence-electron chi connectivity index (χ2n) is 4.58. The average Bonchev–Trinajstić information content (AvgIpc) is 2.25. The van der Waals surface area contributed by atoms with E-state index in [0.29, 0.717) is 0 Å². The van der Waals surface area contributed by atoms with Crippen molar-refractivity contribution in [3.8, 4) is 0 Å². The van der Waals surface area contributed by atoms with Crippen LogP contribution in [0.1, 0.15) is 36.8 Å². The highest BCUT2D eigenvalue weighted by molar-refractivity contribution is 8.00. The number of aromatic amines is 1. The lowest BCUT2D eigenvalue weighted by Gasteiger charge is -2.15. The number of carboxylic acids is 1. The zero-order valence-corrected chi connectivity index (χ0v) is 12.5. The summed E-state index contributed by atoms with van der Waals surface area (Å²) >= 11 is 0.953. The molecule has 0 aliphatic heterocycles. The molecule has 1 amide bonds. The van der Waals surface area contributed by atoms with Crippen molar-refractivity contribution in [2.24, 2.45) is 0 Å². The van der Waals surface area contributed by atoms with Crippen molar-refractivity contribution in [2.45, 2.75) is 44.0 Å². The molecule has 0 aliphatic rings. The first-order chi connectivity index (χ1) is 9.22. The monoisotopic (exact) mass is 299 g/mol. The van der Waals surface area contributed by atoms with Gasteiger partial charge in [-0.3, -0.25) is 4.79 Å². The third-order valence-electron chi connectivity index (χ3n) is 2.39. The van der Waals surface area contributed by atoms with Gasteiger partial charge in [0.2, 0.25) is 5.91 Å². The second kappa shape index (κ2) is 6.56. The molecule has 0 aromatic carbocycles. The SMILES string of the molecule is Cc1[nH]c(=O)nc(SC(C)C(=O)NC(C)C)c1C(=O)O. The molecule has 0 spiro atoms. The van der Waals surface area contributed by atoms with E-state index >= 15 is 0 Å². The van der Waals surface area contributed by atoms with Gasteiger partial charge in [-0.05, 0) is 27.7 Å². The number of nitrogens with one attached hydrogen (secondary N) is 2. The lowest BCUT2D eigenvalue weighted by atomic mass is 10.2. The normalized spacial score (nSPS) is 12.2. The van der Waals surface area contributed by atoms with E-state index in [1.807, 2.05) is 13.8 Å². The highest BCUT2D eigenvalue weighted by Gasteiger charge is 2.22. The van der Waals surface area contributed by atoms with Crippen molar-refractivity contribution in [3.63, 3.8) is 0 Å². The van der Waals surface area contributed by atoms with Crippen LogP contribution in [-0.2, 0) is 4.79 Å². The Morgan fingerprint density at radius 3 is 2.45 bits per heavy atom. The van der Waals surface area contributed by atoms with Crippen molar-refractivity contribution in [1.29, 1.82) is 0 Å². The number of rotatable bonds is 5. The number of carboxylic acid groups (broad SMARTS) is 1. The number of aromatic carboxylic acids is 1. The predicted octanol–water partition coefficient (Wildman–Crippen LogP) is 0.782. The summed E-state index contributed by atoms with van der Waals surface area (Å²) < 4.78 is 0.